The van der Waals surface area contributed by atoms with Crippen LogP contribution in [0.4, 0.5) is 8.78 Å². The third-order valence-electron chi connectivity index (χ3n) is 5.68. The molecular formula is C20H28F2. The maximum atomic E-state index is 13.3. The van der Waals surface area contributed by atoms with Gasteiger partial charge in [-0.3, -0.25) is 0 Å². The quantitative estimate of drug-likeness (QED) is 0.392. The number of rotatable bonds is 5. The molecule has 2 aliphatic rings. The Bertz CT molecular complexity index is 444. The molecule has 22 heavy (non-hydrogen) atoms. The van der Waals surface area contributed by atoms with E-state index in [1.807, 2.05) is 0 Å². The van der Waals surface area contributed by atoms with Crippen LogP contribution in [0.25, 0.3) is 0 Å². The van der Waals surface area contributed by atoms with E-state index in [9.17, 15) is 8.78 Å². The van der Waals surface area contributed by atoms with E-state index in [-0.39, 0.29) is 0 Å². The zero-order valence-corrected chi connectivity index (χ0v) is 13.5. The van der Waals surface area contributed by atoms with Gasteiger partial charge in [-0.15, -0.1) is 6.58 Å². The van der Waals surface area contributed by atoms with E-state index >= 15 is 0 Å². The zero-order valence-electron chi connectivity index (χ0n) is 13.5. The summed E-state index contributed by atoms with van der Waals surface area (Å²) in [6.45, 7) is 10.8. The minimum absolute atomic E-state index is 0.297. The van der Waals surface area contributed by atoms with Gasteiger partial charge in [0.1, 0.15) is 0 Å². The molecule has 0 N–H and O–H groups in total. The second-order valence-electron chi connectivity index (χ2n) is 6.99. The van der Waals surface area contributed by atoms with Crippen LogP contribution in [0.1, 0.15) is 51.4 Å². The molecule has 0 unspecified atom stereocenters. The van der Waals surface area contributed by atoms with Crippen molar-refractivity contribution >= 4 is 0 Å². The highest BCUT2D eigenvalue weighted by Gasteiger charge is 2.30. The Labute approximate surface area is 133 Å². The van der Waals surface area contributed by atoms with Crippen LogP contribution in [-0.4, -0.2) is 0 Å². The molecule has 0 saturated heterocycles. The van der Waals surface area contributed by atoms with E-state index in [2.05, 4.69) is 25.8 Å². The van der Waals surface area contributed by atoms with Crippen molar-refractivity contribution in [1.82, 2.24) is 0 Å². The summed E-state index contributed by atoms with van der Waals surface area (Å²) in [5.41, 5.74) is 0.713. The van der Waals surface area contributed by atoms with E-state index in [0.717, 1.165) is 24.7 Å². The summed E-state index contributed by atoms with van der Waals surface area (Å²) in [6, 6.07) is 0. The first-order valence-corrected chi connectivity index (χ1v) is 8.54. The molecule has 0 radical (unpaired) electrons. The fourth-order valence-corrected chi connectivity index (χ4v) is 4.17. The molecule has 0 spiro atoms. The molecule has 0 aromatic carbocycles. The highest BCUT2D eigenvalue weighted by molar-refractivity contribution is 5.28. The van der Waals surface area contributed by atoms with Crippen LogP contribution < -0.4 is 0 Å². The molecule has 2 saturated carbocycles. The molecule has 0 aliphatic heterocycles. The summed E-state index contributed by atoms with van der Waals surface area (Å²) in [7, 11) is 0. The second kappa shape index (κ2) is 7.89. The van der Waals surface area contributed by atoms with Gasteiger partial charge in [0.25, 0.3) is 0 Å². The summed E-state index contributed by atoms with van der Waals surface area (Å²) in [4.78, 5) is 0. The van der Waals surface area contributed by atoms with Crippen molar-refractivity contribution in [2.45, 2.75) is 51.4 Å². The number of halogens is 2. The molecule has 122 valence electrons. The normalized spacial score (nSPS) is 33.3. The third-order valence-corrected chi connectivity index (χ3v) is 5.68. The summed E-state index contributed by atoms with van der Waals surface area (Å²) in [5.74, 6) is 0.784. The topological polar surface area (TPSA) is 0 Å². The van der Waals surface area contributed by atoms with Gasteiger partial charge in [0, 0.05) is 0 Å². The van der Waals surface area contributed by atoms with Crippen molar-refractivity contribution < 1.29 is 8.78 Å². The van der Waals surface area contributed by atoms with E-state index in [1.165, 1.54) is 44.6 Å². The van der Waals surface area contributed by atoms with Crippen LogP contribution in [0.15, 0.2) is 49.1 Å². The van der Waals surface area contributed by atoms with E-state index in [4.69, 9.17) is 0 Å². The Hall–Kier alpha value is -1.18. The van der Waals surface area contributed by atoms with Crippen LogP contribution in [0.2, 0.25) is 0 Å². The Morgan fingerprint density at radius 2 is 1.32 bits per heavy atom. The van der Waals surface area contributed by atoms with Gasteiger partial charge in [0.2, 0.25) is 0 Å². The minimum atomic E-state index is -1.01. The maximum Gasteiger partial charge on any atom is 0.158 e. The van der Waals surface area contributed by atoms with Gasteiger partial charge < -0.3 is 0 Å². The van der Waals surface area contributed by atoms with Crippen molar-refractivity contribution in [2.24, 2.45) is 23.7 Å². The lowest BCUT2D eigenvalue weighted by Crippen LogP contribution is -2.25. The van der Waals surface area contributed by atoms with Gasteiger partial charge in [0.05, 0.1) is 0 Å². The molecular weight excluding hydrogens is 278 g/mol. The monoisotopic (exact) mass is 306 g/mol. The average molecular weight is 306 g/mol. The molecule has 2 aliphatic carbocycles. The highest BCUT2D eigenvalue weighted by atomic mass is 19.2. The van der Waals surface area contributed by atoms with Crippen molar-refractivity contribution in [3.05, 3.63) is 49.1 Å². The summed E-state index contributed by atoms with van der Waals surface area (Å²) < 4.78 is 26.0. The highest BCUT2D eigenvalue weighted by Crippen LogP contribution is 2.43. The minimum Gasteiger partial charge on any atom is -0.204 e. The van der Waals surface area contributed by atoms with Crippen molar-refractivity contribution in [1.29, 1.82) is 0 Å². The van der Waals surface area contributed by atoms with Gasteiger partial charge in [-0.2, -0.15) is 0 Å². The molecule has 0 amide bonds. The van der Waals surface area contributed by atoms with Gasteiger partial charge >= 0.3 is 0 Å². The first kappa shape index (κ1) is 17.2. The first-order valence-electron chi connectivity index (χ1n) is 8.54. The van der Waals surface area contributed by atoms with Gasteiger partial charge in [-0.25, -0.2) is 8.78 Å². The predicted octanol–water partition coefficient (Wildman–Crippen LogP) is 6.68. The molecule has 2 rings (SSSR count). The lowest BCUT2D eigenvalue weighted by molar-refractivity contribution is 0.165. The lowest BCUT2D eigenvalue weighted by Gasteiger charge is -2.37. The number of hydrogen-bond donors (Lipinski definition) is 0. The second-order valence-corrected chi connectivity index (χ2v) is 6.99. The molecule has 0 bridgehead atoms. The Morgan fingerprint density at radius 3 is 1.77 bits per heavy atom. The fraction of sp³-hybridized carbons (Fsp3) is 0.600. The number of allylic oxidation sites excluding steroid dienone is 5. The van der Waals surface area contributed by atoms with Gasteiger partial charge in [-0.05, 0) is 86.7 Å². The first-order chi connectivity index (χ1) is 10.5. The van der Waals surface area contributed by atoms with Crippen LogP contribution in [0.5, 0.6) is 0 Å². The van der Waals surface area contributed by atoms with E-state index in [1.54, 1.807) is 0 Å². The summed E-state index contributed by atoms with van der Waals surface area (Å²) in [6.07, 6.45) is 13.0. The molecule has 0 aromatic heterocycles. The van der Waals surface area contributed by atoms with E-state index in [0.29, 0.717) is 17.4 Å². The van der Waals surface area contributed by atoms with Gasteiger partial charge in [0.15, 0.2) is 11.7 Å². The molecule has 2 fully saturated rings. The molecule has 0 nitrogen and oxygen atoms in total. The van der Waals surface area contributed by atoms with Gasteiger partial charge in [-0.1, -0.05) is 19.2 Å². The van der Waals surface area contributed by atoms with E-state index < -0.39 is 11.7 Å². The predicted molar refractivity (Wildman–Crippen MR) is 89.7 cm³/mol. The Morgan fingerprint density at radius 1 is 0.818 bits per heavy atom. The lowest BCUT2D eigenvalue weighted by atomic mass is 9.68. The fourth-order valence-electron chi connectivity index (χ4n) is 4.17. The third kappa shape index (κ3) is 4.41. The molecule has 2 heteroatoms. The standard InChI is InChI=1S/C20H28F2/c1-4-16-5-7-18(8-6-16)19-11-9-17(10-12-19)14(2)13-20(22)15(3)21/h4,13,16-19H,1-3,5-12H2/b20-13+. The van der Waals surface area contributed by atoms with Crippen LogP contribution in [-0.2, 0) is 0 Å². The van der Waals surface area contributed by atoms with Crippen molar-refractivity contribution in [2.75, 3.05) is 0 Å². The zero-order chi connectivity index (χ0) is 16.1. The number of hydrogen-bond acceptors (Lipinski definition) is 0. The van der Waals surface area contributed by atoms with Crippen LogP contribution >= 0.6 is 0 Å². The Kier molecular flexibility index (Phi) is 6.16. The summed E-state index contributed by atoms with van der Waals surface area (Å²) >= 11 is 0. The molecule has 0 heterocycles. The molecule has 0 aromatic rings. The average Bonchev–Trinajstić information content (AvgIpc) is 2.55. The van der Waals surface area contributed by atoms with Crippen LogP contribution in [0.3, 0.4) is 0 Å². The maximum absolute atomic E-state index is 13.3. The summed E-state index contributed by atoms with van der Waals surface area (Å²) in [5, 5.41) is 0. The smallest absolute Gasteiger partial charge is 0.158 e. The SMILES string of the molecule is C=CC1CCC(C2CCC(C(=C)/C=C(/F)C(=C)F)CC2)CC1. The van der Waals surface area contributed by atoms with Crippen LogP contribution in [0, 0.1) is 23.7 Å². The Balaban J connectivity index is 1.81. The largest absolute Gasteiger partial charge is 0.204 e. The van der Waals surface area contributed by atoms with Crippen molar-refractivity contribution in [3.8, 4) is 0 Å². The van der Waals surface area contributed by atoms with Crippen molar-refractivity contribution in [3.63, 3.8) is 0 Å². The molecule has 0 atom stereocenters.